The van der Waals surface area contributed by atoms with Crippen LogP contribution in [0.3, 0.4) is 0 Å². The molecule has 0 aromatic carbocycles. The molecule has 0 aromatic rings. The largest absolute Gasteiger partial charge is 0.393 e. The lowest BCUT2D eigenvalue weighted by molar-refractivity contribution is -0.539. The number of hydrogen-bond acceptors (Lipinski definition) is 9. The van der Waals surface area contributed by atoms with E-state index in [9.17, 15) is 30.3 Å². The minimum absolute atomic E-state index is 0.318. The Labute approximate surface area is 107 Å². The Morgan fingerprint density at radius 3 is 2.32 bits per heavy atom. The molecule has 9 heteroatoms. The Hall–Kier alpha value is -0.650. The maximum Gasteiger partial charge on any atom is 0.310 e. The van der Waals surface area contributed by atoms with Crippen molar-refractivity contribution in [2.45, 2.75) is 41.5 Å². The van der Waals surface area contributed by atoms with Crippen LogP contribution in [0.25, 0.3) is 0 Å². The van der Waals surface area contributed by atoms with Crippen molar-refractivity contribution in [1.82, 2.24) is 0 Å². The molecule has 7 N–H and O–H groups in total. The van der Waals surface area contributed by atoms with Crippen molar-refractivity contribution in [3.05, 3.63) is 0 Å². The fraction of sp³-hybridized carbons (Fsp3) is 0.900. The summed E-state index contributed by atoms with van der Waals surface area (Å²) in [4.78, 5) is 11.2. The lowest BCUT2D eigenvalue weighted by Gasteiger charge is -2.68. The number of nitrogens with two attached hydrogens (primary N) is 1. The molecule has 4 aliphatic rings. The van der Waals surface area contributed by atoms with E-state index in [1.54, 1.807) is 0 Å². The molecular weight excluding hydrogens is 262 g/mol. The number of aldehydes is 1. The van der Waals surface area contributed by atoms with Crippen LogP contribution in [0.15, 0.2) is 0 Å². The summed E-state index contributed by atoms with van der Waals surface area (Å²) in [6, 6.07) is 0. The summed E-state index contributed by atoms with van der Waals surface area (Å²) in [5, 5.41) is 49.7. The van der Waals surface area contributed by atoms with Crippen LogP contribution in [0, 0.1) is 5.92 Å². The molecule has 4 fully saturated rings. The van der Waals surface area contributed by atoms with Gasteiger partial charge in [-0.3, -0.25) is 0 Å². The van der Waals surface area contributed by atoms with Crippen LogP contribution in [0.4, 0.5) is 0 Å². The third kappa shape index (κ3) is 1.20. The SMILES string of the molecule is N[C@@]12[C@H](O)[C@@H]3O[C@@](O)(O[C@H]([C@@H]1C=O)[C@]3(O)CO)[C@H]2O. The van der Waals surface area contributed by atoms with Gasteiger partial charge in [-0.2, -0.15) is 0 Å². The van der Waals surface area contributed by atoms with E-state index in [0.717, 1.165) is 0 Å². The molecule has 3 heterocycles. The van der Waals surface area contributed by atoms with Gasteiger partial charge in [-0.15, -0.1) is 0 Å². The predicted octanol–water partition coefficient (Wildman–Crippen LogP) is -4.60. The molecule has 3 aliphatic heterocycles. The Balaban J connectivity index is 2.18. The van der Waals surface area contributed by atoms with Crippen molar-refractivity contribution in [2.75, 3.05) is 6.61 Å². The normalized spacial score (nSPS) is 63.4. The van der Waals surface area contributed by atoms with Gasteiger partial charge in [0.25, 0.3) is 0 Å². The summed E-state index contributed by atoms with van der Waals surface area (Å²) in [6.45, 7) is -0.869. The lowest BCUT2D eigenvalue weighted by Crippen LogP contribution is -2.93. The zero-order valence-electron chi connectivity index (χ0n) is 9.71. The van der Waals surface area contributed by atoms with Crippen LogP contribution in [0.1, 0.15) is 0 Å². The molecule has 3 saturated heterocycles. The van der Waals surface area contributed by atoms with Crippen molar-refractivity contribution in [3.63, 3.8) is 0 Å². The minimum atomic E-state index is -2.52. The van der Waals surface area contributed by atoms with Crippen molar-refractivity contribution in [1.29, 1.82) is 0 Å². The summed E-state index contributed by atoms with van der Waals surface area (Å²) in [5.74, 6) is -3.83. The number of aliphatic hydroxyl groups is 5. The van der Waals surface area contributed by atoms with E-state index in [1.165, 1.54) is 0 Å². The number of ether oxygens (including phenoxy) is 2. The van der Waals surface area contributed by atoms with Gasteiger partial charge < -0.3 is 45.5 Å². The first-order valence-electron chi connectivity index (χ1n) is 5.77. The lowest BCUT2D eigenvalue weighted by atomic mass is 9.57. The molecule has 19 heavy (non-hydrogen) atoms. The third-order valence-corrected chi connectivity index (χ3v) is 4.50. The zero-order chi connectivity index (χ0) is 14.2. The van der Waals surface area contributed by atoms with Crippen molar-refractivity contribution < 1.29 is 39.8 Å². The molecule has 8 atom stereocenters. The van der Waals surface area contributed by atoms with Gasteiger partial charge in [0.15, 0.2) is 6.10 Å². The van der Waals surface area contributed by atoms with E-state index in [-0.39, 0.29) is 0 Å². The van der Waals surface area contributed by atoms with Crippen molar-refractivity contribution in [2.24, 2.45) is 11.7 Å². The van der Waals surface area contributed by atoms with Crippen LogP contribution in [-0.4, -0.2) is 80.0 Å². The van der Waals surface area contributed by atoms with Gasteiger partial charge in [0.05, 0.1) is 18.1 Å². The number of hydrogen-bond donors (Lipinski definition) is 6. The van der Waals surface area contributed by atoms with Gasteiger partial charge in [0, 0.05) is 0 Å². The van der Waals surface area contributed by atoms with Gasteiger partial charge >= 0.3 is 5.97 Å². The van der Waals surface area contributed by atoms with Gasteiger partial charge in [0.1, 0.15) is 30.2 Å². The Bertz CT molecular complexity index is 434. The van der Waals surface area contributed by atoms with Crippen molar-refractivity contribution in [3.8, 4) is 0 Å². The van der Waals surface area contributed by atoms with E-state index >= 15 is 0 Å². The molecule has 0 aromatic heterocycles. The Morgan fingerprint density at radius 2 is 1.79 bits per heavy atom. The first-order valence-corrected chi connectivity index (χ1v) is 5.77. The third-order valence-electron chi connectivity index (χ3n) is 4.50. The highest BCUT2D eigenvalue weighted by Crippen LogP contribution is 2.55. The summed E-state index contributed by atoms with van der Waals surface area (Å²) in [6.07, 6.45) is -6.09. The van der Waals surface area contributed by atoms with Crippen LogP contribution in [0.5, 0.6) is 0 Å². The van der Waals surface area contributed by atoms with Crippen LogP contribution < -0.4 is 5.73 Å². The smallest absolute Gasteiger partial charge is 0.310 e. The highest BCUT2D eigenvalue weighted by Gasteiger charge is 2.80. The van der Waals surface area contributed by atoms with Gasteiger partial charge in [-0.25, -0.2) is 0 Å². The standard InChI is InChI=1S/C10H15NO8/c11-9-3(1-12)5-8(16,2-13)6(4(9)14)19-10(17,18-5)7(9)15/h1,3-7,13-17H,2,11H2/t3-,4+,5+,6-,7-,8+,9+,10-/m0/s1. The second-order valence-corrected chi connectivity index (χ2v) is 5.37. The first kappa shape index (κ1) is 13.3. The second kappa shape index (κ2) is 3.51. The van der Waals surface area contributed by atoms with Crippen LogP contribution in [-0.2, 0) is 14.3 Å². The van der Waals surface area contributed by atoms with E-state index in [0.29, 0.717) is 6.29 Å². The fourth-order valence-corrected chi connectivity index (χ4v) is 3.36. The van der Waals surface area contributed by atoms with Crippen molar-refractivity contribution >= 4 is 6.29 Å². The highest BCUT2D eigenvalue weighted by molar-refractivity contribution is 5.61. The van der Waals surface area contributed by atoms with E-state index in [4.69, 9.17) is 15.2 Å². The molecule has 0 radical (unpaired) electrons. The van der Waals surface area contributed by atoms with Crippen LogP contribution >= 0.6 is 0 Å². The van der Waals surface area contributed by atoms with Crippen LogP contribution in [0.2, 0.25) is 0 Å². The van der Waals surface area contributed by atoms with Gasteiger partial charge in [-0.1, -0.05) is 0 Å². The van der Waals surface area contributed by atoms with Gasteiger partial charge in [-0.05, 0) is 0 Å². The molecule has 108 valence electrons. The summed E-state index contributed by atoms with van der Waals surface area (Å²) in [5.41, 5.74) is 1.86. The number of carbonyl (C=O) groups excluding carboxylic acids is 1. The maximum atomic E-state index is 11.2. The Morgan fingerprint density at radius 1 is 1.21 bits per heavy atom. The van der Waals surface area contributed by atoms with E-state index in [2.05, 4.69) is 0 Å². The maximum absolute atomic E-state index is 11.2. The average molecular weight is 277 g/mol. The topological polar surface area (TPSA) is 163 Å². The molecule has 4 rings (SSSR count). The molecule has 1 aliphatic carbocycles. The average Bonchev–Trinajstić information content (AvgIpc) is 2.38. The van der Waals surface area contributed by atoms with Gasteiger partial charge in [0.2, 0.25) is 0 Å². The molecule has 9 nitrogen and oxygen atoms in total. The molecule has 4 bridgehead atoms. The molecule has 0 amide bonds. The number of carbonyl (C=O) groups is 1. The quantitative estimate of drug-likeness (QED) is 0.272. The summed E-state index contributed by atoms with van der Waals surface area (Å²) < 4.78 is 9.92. The minimum Gasteiger partial charge on any atom is -0.393 e. The first-order chi connectivity index (χ1) is 8.75. The second-order valence-electron chi connectivity index (χ2n) is 5.37. The number of aliphatic hydroxyl groups excluding tert-OH is 3. The summed E-state index contributed by atoms with van der Waals surface area (Å²) in [7, 11) is 0. The predicted molar refractivity (Wildman–Crippen MR) is 55.2 cm³/mol. The van der Waals surface area contributed by atoms with E-state index < -0.39 is 54.1 Å². The Kier molecular flexibility index (Phi) is 2.46. The molecule has 1 saturated carbocycles. The molecule has 0 spiro atoms. The molecular formula is C10H15NO8. The van der Waals surface area contributed by atoms with E-state index in [1.807, 2.05) is 0 Å². The summed E-state index contributed by atoms with van der Waals surface area (Å²) >= 11 is 0. The number of rotatable bonds is 2. The monoisotopic (exact) mass is 277 g/mol. The highest BCUT2D eigenvalue weighted by atomic mass is 16.9. The molecule has 0 unspecified atom stereocenters. The fourth-order valence-electron chi connectivity index (χ4n) is 3.36. The zero-order valence-corrected chi connectivity index (χ0v) is 9.71.